The number of ether oxygens (including phenoxy) is 1. The van der Waals surface area contributed by atoms with Crippen molar-refractivity contribution in [1.29, 1.82) is 0 Å². The maximum atomic E-state index is 10.6. The number of thiazole rings is 1. The molecule has 6 heteroatoms. The Morgan fingerprint density at radius 1 is 1.35 bits per heavy atom. The van der Waals surface area contributed by atoms with Crippen LogP contribution in [0.2, 0.25) is 10.2 Å². The fourth-order valence-corrected chi connectivity index (χ4v) is 2.28. The number of rotatable bonds is 4. The van der Waals surface area contributed by atoms with Gasteiger partial charge in [0.1, 0.15) is 11.5 Å². The fourth-order valence-electron chi connectivity index (χ4n) is 1.18. The van der Waals surface area contributed by atoms with Crippen molar-refractivity contribution in [1.82, 2.24) is 4.98 Å². The monoisotopic (exact) mass is 287 g/mol. The molecule has 1 heterocycles. The molecule has 0 amide bonds. The Balaban J connectivity index is 2.07. The highest BCUT2D eigenvalue weighted by Crippen LogP contribution is 2.28. The van der Waals surface area contributed by atoms with Crippen molar-refractivity contribution in [2.45, 2.75) is 6.61 Å². The van der Waals surface area contributed by atoms with E-state index in [4.69, 9.17) is 27.9 Å². The maximum absolute atomic E-state index is 10.6. The lowest BCUT2D eigenvalue weighted by Gasteiger charge is -2.03. The van der Waals surface area contributed by atoms with Gasteiger partial charge in [0.25, 0.3) is 5.19 Å². The van der Waals surface area contributed by atoms with Gasteiger partial charge in [0.2, 0.25) is 0 Å². The number of aromatic nitrogens is 1. The van der Waals surface area contributed by atoms with Crippen LogP contribution < -0.4 is 4.74 Å². The van der Waals surface area contributed by atoms with Crippen molar-refractivity contribution in [2.24, 2.45) is 0 Å². The summed E-state index contributed by atoms with van der Waals surface area (Å²) in [4.78, 5) is 14.9. The Kier molecular flexibility index (Phi) is 3.99. The number of benzene rings is 1. The van der Waals surface area contributed by atoms with Crippen LogP contribution in [0.1, 0.15) is 15.2 Å². The predicted octanol–water partition coefficient (Wildman–Crippen LogP) is 3.84. The van der Waals surface area contributed by atoms with E-state index in [1.54, 1.807) is 6.07 Å². The van der Waals surface area contributed by atoms with Gasteiger partial charge in [-0.25, -0.2) is 0 Å². The van der Waals surface area contributed by atoms with Crippen LogP contribution in [0.15, 0.2) is 24.3 Å². The van der Waals surface area contributed by atoms with Crippen molar-refractivity contribution in [3.8, 4) is 5.19 Å². The summed E-state index contributed by atoms with van der Waals surface area (Å²) >= 11 is 12.8. The van der Waals surface area contributed by atoms with E-state index in [9.17, 15) is 4.79 Å². The first kappa shape index (κ1) is 12.4. The van der Waals surface area contributed by atoms with Gasteiger partial charge in [-0.05, 0) is 6.07 Å². The highest BCUT2D eigenvalue weighted by Gasteiger charge is 2.09. The van der Waals surface area contributed by atoms with E-state index in [1.165, 1.54) is 0 Å². The largest absolute Gasteiger partial charge is 0.465 e. The molecule has 1 aromatic heterocycles. The van der Waals surface area contributed by atoms with E-state index in [0.29, 0.717) is 28.0 Å². The molecule has 2 aromatic rings. The second-order valence-electron chi connectivity index (χ2n) is 3.13. The highest BCUT2D eigenvalue weighted by molar-refractivity contribution is 7.15. The summed E-state index contributed by atoms with van der Waals surface area (Å²) in [5.74, 6) is 0. The summed E-state index contributed by atoms with van der Waals surface area (Å²) < 4.78 is 5.42. The first-order valence-electron chi connectivity index (χ1n) is 4.68. The number of carbonyl (C=O) groups is 1. The smallest absolute Gasteiger partial charge is 0.275 e. The minimum atomic E-state index is 0.166. The minimum absolute atomic E-state index is 0.166. The Bertz CT molecular complexity index is 542. The quantitative estimate of drug-likeness (QED) is 0.802. The van der Waals surface area contributed by atoms with Gasteiger partial charge in [-0.3, -0.25) is 4.79 Å². The molecule has 0 radical (unpaired) electrons. The van der Waals surface area contributed by atoms with Gasteiger partial charge < -0.3 is 4.74 Å². The zero-order valence-electron chi connectivity index (χ0n) is 8.52. The Morgan fingerprint density at radius 2 is 2.12 bits per heavy atom. The minimum Gasteiger partial charge on any atom is -0.465 e. The van der Waals surface area contributed by atoms with Gasteiger partial charge >= 0.3 is 0 Å². The van der Waals surface area contributed by atoms with Crippen molar-refractivity contribution in [2.75, 3.05) is 0 Å². The maximum Gasteiger partial charge on any atom is 0.275 e. The molecule has 0 spiro atoms. The average molecular weight is 288 g/mol. The molecule has 0 saturated carbocycles. The molecule has 1 aromatic carbocycles. The standard InChI is InChI=1S/C11H7Cl2NO2S/c12-8-4-2-1-3-7(8)6-16-11-14-10(13)9(5-15)17-11/h1-5H,6H2. The Morgan fingerprint density at radius 3 is 2.76 bits per heavy atom. The third-order valence-electron chi connectivity index (χ3n) is 2.01. The molecule has 0 aliphatic carbocycles. The van der Waals surface area contributed by atoms with Crippen LogP contribution in [0.5, 0.6) is 5.19 Å². The number of hydrogen-bond acceptors (Lipinski definition) is 4. The zero-order valence-corrected chi connectivity index (χ0v) is 10.9. The van der Waals surface area contributed by atoms with Gasteiger partial charge in [0.05, 0.1) is 0 Å². The number of aldehydes is 1. The van der Waals surface area contributed by atoms with Crippen molar-refractivity contribution < 1.29 is 9.53 Å². The van der Waals surface area contributed by atoms with Crippen LogP contribution >= 0.6 is 34.5 Å². The number of carbonyl (C=O) groups excluding carboxylic acids is 1. The SMILES string of the molecule is O=Cc1sc(OCc2ccccc2Cl)nc1Cl. The molecule has 0 bridgehead atoms. The second-order valence-corrected chi connectivity index (χ2v) is 4.89. The number of halogens is 2. The summed E-state index contributed by atoms with van der Waals surface area (Å²) in [6.45, 7) is 0.293. The van der Waals surface area contributed by atoms with Gasteiger partial charge in [-0.15, -0.1) is 0 Å². The molecule has 0 N–H and O–H groups in total. The molecule has 0 saturated heterocycles. The van der Waals surface area contributed by atoms with E-state index in [0.717, 1.165) is 16.9 Å². The van der Waals surface area contributed by atoms with E-state index < -0.39 is 0 Å². The molecule has 17 heavy (non-hydrogen) atoms. The zero-order chi connectivity index (χ0) is 12.3. The lowest BCUT2D eigenvalue weighted by molar-refractivity contribution is 0.112. The number of nitrogens with zero attached hydrogens (tertiary/aromatic N) is 1. The first-order chi connectivity index (χ1) is 8.20. The van der Waals surface area contributed by atoms with Crippen LogP contribution in [0.25, 0.3) is 0 Å². The van der Waals surface area contributed by atoms with E-state index in [1.807, 2.05) is 18.2 Å². The van der Waals surface area contributed by atoms with Crippen molar-refractivity contribution >= 4 is 40.8 Å². The molecule has 3 nitrogen and oxygen atoms in total. The van der Waals surface area contributed by atoms with Crippen molar-refractivity contribution in [3.05, 3.63) is 44.9 Å². The highest BCUT2D eigenvalue weighted by atomic mass is 35.5. The van der Waals surface area contributed by atoms with Gasteiger partial charge in [0.15, 0.2) is 11.4 Å². The van der Waals surface area contributed by atoms with Gasteiger partial charge in [-0.2, -0.15) is 4.98 Å². The van der Waals surface area contributed by atoms with E-state index >= 15 is 0 Å². The lowest BCUT2D eigenvalue weighted by atomic mass is 10.2. The molecular formula is C11H7Cl2NO2S. The fraction of sp³-hybridized carbons (Fsp3) is 0.0909. The second kappa shape index (κ2) is 5.49. The normalized spacial score (nSPS) is 10.2. The summed E-state index contributed by atoms with van der Waals surface area (Å²) in [5.41, 5.74) is 0.855. The molecular weight excluding hydrogens is 281 g/mol. The van der Waals surface area contributed by atoms with Crippen molar-refractivity contribution in [3.63, 3.8) is 0 Å². The third kappa shape index (κ3) is 2.97. The van der Waals surface area contributed by atoms with Gasteiger partial charge in [-0.1, -0.05) is 52.7 Å². The molecule has 0 aliphatic rings. The van der Waals surface area contributed by atoms with Crippen LogP contribution in [0, 0.1) is 0 Å². The van der Waals surface area contributed by atoms with Gasteiger partial charge in [0, 0.05) is 10.6 Å². The third-order valence-corrected chi connectivity index (χ3v) is 3.67. The summed E-state index contributed by atoms with van der Waals surface area (Å²) in [6.07, 6.45) is 0.655. The summed E-state index contributed by atoms with van der Waals surface area (Å²) in [7, 11) is 0. The molecule has 0 atom stereocenters. The van der Waals surface area contributed by atoms with Crippen LogP contribution in [-0.2, 0) is 6.61 Å². The number of hydrogen-bond donors (Lipinski definition) is 0. The topological polar surface area (TPSA) is 39.2 Å². The molecule has 88 valence electrons. The molecule has 2 rings (SSSR count). The van der Waals surface area contributed by atoms with Crippen LogP contribution in [0.3, 0.4) is 0 Å². The van der Waals surface area contributed by atoms with E-state index in [-0.39, 0.29) is 5.15 Å². The molecule has 0 aliphatic heterocycles. The van der Waals surface area contributed by atoms with Crippen LogP contribution in [-0.4, -0.2) is 11.3 Å². The van der Waals surface area contributed by atoms with Crippen LogP contribution in [0.4, 0.5) is 0 Å². The molecule has 0 fully saturated rings. The van der Waals surface area contributed by atoms with E-state index in [2.05, 4.69) is 4.98 Å². The summed E-state index contributed by atoms with van der Waals surface area (Å²) in [6, 6.07) is 7.36. The molecule has 0 unspecified atom stereocenters. The lowest BCUT2D eigenvalue weighted by Crippen LogP contribution is -1.95. The average Bonchev–Trinajstić information content (AvgIpc) is 2.69. The Labute approximate surface area is 112 Å². The first-order valence-corrected chi connectivity index (χ1v) is 6.25. The Hall–Kier alpha value is -1.10. The summed E-state index contributed by atoms with van der Waals surface area (Å²) in [5, 5.41) is 1.15. The predicted molar refractivity (Wildman–Crippen MR) is 68.3 cm³/mol.